The van der Waals surface area contributed by atoms with Crippen molar-refractivity contribution in [3.63, 3.8) is 0 Å². The molecule has 0 saturated carbocycles. The molecule has 1 aliphatic heterocycles. The van der Waals surface area contributed by atoms with Crippen molar-refractivity contribution in [2.75, 3.05) is 20.3 Å². The van der Waals surface area contributed by atoms with Gasteiger partial charge in [-0.3, -0.25) is 0 Å². The quantitative estimate of drug-likeness (QED) is 0.936. The molecular weight excluding hydrogens is 262 g/mol. The van der Waals surface area contributed by atoms with Gasteiger partial charge in [-0.05, 0) is 49.7 Å². The molecule has 3 heteroatoms. The Kier molecular flexibility index (Phi) is 3.84. The monoisotopic (exact) mass is 283 g/mol. The van der Waals surface area contributed by atoms with E-state index in [2.05, 4.69) is 49.5 Å². The Balaban J connectivity index is 1.99. The van der Waals surface area contributed by atoms with Gasteiger partial charge < -0.3 is 14.8 Å². The van der Waals surface area contributed by atoms with Crippen molar-refractivity contribution in [1.82, 2.24) is 5.32 Å². The number of nitrogens with one attached hydrogen (secondary N) is 1. The highest BCUT2D eigenvalue weighted by molar-refractivity contribution is 5.47. The van der Waals surface area contributed by atoms with Crippen molar-refractivity contribution in [2.24, 2.45) is 0 Å². The first-order valence-electron chi connectivity index (χ1n) is 7.33. The van der Waals surface area contributed by atoms with E-state index >= 15 is 0 Å². The number of aryl methyl sites for hydroxylation is 2. The summed E-state index contributed by atoms with van der Waals surface area (Å²) in [6.45, 7) is 5.52. The molecule has 0 radical (unpaired) electrons. The van der Waals surface area contributed by atoms with Crippen molar-refractivity contribution in [3.8, 4) is 11.5 Å². The van der Waals surface area contributed by atoms with Crippen LogP contribution in [0.15, 0.2) is 36.4 Å². The summed E-state index contributed by atoms with van der Waals surface area (Å²) in [4.78, 5) is 0. The maximum Gasteiger partial charge on any atom is 0.161 e. The van der Waals surface area contributed by atoms with Gasteiger partial charge in [-0.15, -0.1) is 0 Å². The van der Waals surface area contributed by atoms with E-state index < -0.39 is 0 Å². The Morgan fingerprint density at radius 1 is 0.952 bits per heavy atom. The van der Waals surface area contributed by atoms with Gasteiger partial charge in [-0.25, -0.2) is 0 Å². The Morgan fingerprint density at radius 2 is 1.71 bits per heavy atom. The van der Waals surface area contributed by atoms with Crippen LogP contribution in [0.25, 0.3) is 0 Å². The number of ether oxygens (including phenoxy) is 2. The van der Waals surface area contributed by atoms with E-state index in [1.807, 2.05) is 13.1 Å². The lowest BCUT2D eigenvalue weighted by atomic mass is 9.93. The predicted octanol–water partition coefficient (Wildman–Crippen LogP) is 3.38. The maximum atomic E-state index is 5.69. The minimum Gasteiger partial charge on any atom is -0.486 e. The molecule has 21 heavy (non-hydrogen) atoms. The molecule has 0 bridgehead atoms. The lowest BCUT2D eigenvalue weighted by Crippen LogP contribution is -2.20. The summed E-state index contributed by atoms with van der Waals surface area (Å²) in [6.07, 6.45) is 0. The minimum atomic E-state index is 0.154. The second-order valence-corrected chi connectivity index (χ2v) is 5.48. The molecule has 1 N–H and O–H groups in total. The van der Waals surface area contributed by atoms with E-state index in [4.69, 9.17) is 9.47 Å². The zero-order chi connectivity index (χ0) is 14.8. The van der Waals surface area contributed by atoms with Crippen LogP contribution in [0, 0.1) is 13.8 Å². The van der Waals surface area contributed by atoms with Crippen LogP contribution in [0.3, 0.4) is 0 Å². The molecule has 1 aliphatic rings. The van der Waals surface area contributed by atoms with Gasteiger partial charge in [0.2, 0.25) is 0 Å². The number of hydrogen-bond donors (Lipinski definition) is 1. The van der Waals surface area contributed by atoms with Crippen LogP contribution in [0.5, 0.6) is 11.5 Å². The van der Waals surface area contributed by atoms with Crippen molar-refractivity contribution in [3.05, 3.63) is 58.7 Å². The fourth-order valence-corrected chi connectivity index (χ4v) is 2.89. The molecule has 0 fully saturated rings. The number of fused-ring (bicyclic) bond motifs is 1. The Morgan fingerprint density at radius 3 is 2.43 bits per heavy atom. The molecule has 2 aromatic rings. The van der Waals surface area contributed by atoms with Gasteiger partial charge in [0.25, 0.3) is 0 Å². The lowest BCUT2D eigenvalue weighted by molar-refractivity contribution is 0.171. The summed E-state index contributed by atoms with van der Waals surface area (Å²) < 4.78 is 11.3. The lowest BCUT2D eigenvalue weighted by Gasteiger charge is -2.23. The molecule has 1 unspecified atom stereocenters. The molecule has 0 spiro atoms. The van der Waals surface area contributed by atoms with Crippen LogP contribution < -0.4 is 14.8 Å². The van der Waals surface area contributed by atoms with E-state index in [0.717, 1.165) is 11.5 Å². The summed E-state index contributed by atoms with van der Waals surface area (Å²) in [6, 6.07) is 12.9. The van der Waals surface area contributed by atoms with Gasteiger partial charge in [0.15, 0.2) is 11.5 Å². The maximum absolute atomic E-state index is 5.69. The third-order valence-corrected chi connectivity index (χ3v) is 3.92. The van der Waals surface area contributed by atoms with Gasteiger partial charge >= 0.3 is 0 Å². The van der Waals surface area contributed by atoms with Crippen LogP contribution >= 0.6 is 0 Å². The number of hydrogen-bond acceptors (Lipinski definition) is 3. The molecular formula is C18H21NO2. The highest BCUT2D eigenvalue weighted by Crippen LogP contribution is 2.34. The van der Waals surface area contributed by atoms with Crippen LogP contribution in [0.4, 0.5) is 0 Å². The normalized spacial score (nSPS) is 14.8. The Hall–Kier alpha value is -2.00. The van der Waals surface area contributed by atoms with Crippen LogP contribution in [-0.4, -0.2) is 20.3 Å². The minimum absolute atomic E-state index is 0.154. The van der Waals surface area contributed by atoms with Crippen molar-refractivity contribution < 1.29 is 9.47 Å². The third-order valence-electron chi connectivity index (χ3n) is 3.92. The number of rotatable bonds is 3. The zero-order valence-corrected chi connectivity index (χ0v) is 12.8. The SMILES string of the molecule is CNC(c1ccc2c(c1)OCCO2)c1ccc(C)cc1C. The molecule has 3 nitrogen and oxygen atoms in total. The first-order valence-corrected chi connectivity index (χ1v) is 7.33. The van der Waals surface area contributed by atoms with Gasteiger partial charge in [-0.1, -0.05) is 29.8 Å². The average Bonchev–Trinajstić information content (AvgIpc) is 2.50. The smallest absolute Gasteiger partial charge is 0.161 e. The summed E-state index contributed by atoms with van der Waals surface area (Å²) in [5.41, 5.74) is 5.06. The Bertz CT molecular complexity index is 652. The van der Waals surface area contributed by atoms with Crippen molar-refractivity contribution in [1.29, 1.82) is 0 Å². The summed E-state index contributed by atoms with van der Waals surface area (Å²) in [7, 11) is 1.99. The summed E-state index contributed by atoms with van der Waals surface area (Å²) in [5, 5.41) is 3.41. The molecule has 2 aromatic carbocycles. The highest BCUT2D eigenvalue weighted by Gasteiger charge is 2.18. The summed E-state index contributed by atoms with van der Waals surface area (Å²) in [5.74, 6) is 1.67. The van der Waals surface area contributed by atoms with E-state index in [9.17, 15) is 0 Å². The zero-order valence-electron chi connectivity index (χ0n) is 12.8. The van der Waals surface area contributed by atoms with E-state index in [-0.39, 0.29) is 6.04 Å². The van der Waals surface area contributed by atoms with E-state index in [1.54, 1.807) is 0 Å². The Labute approximate surface area is 125 Å². The molecule has 0 aromatic heterocycles. The molecule has 0 amide bonds. The average molecular weight is 283 g/mol. The van der Waals surface area contributed by atoms with Gasteiger partial charge in [0, 0.05) is 0 Å². The van der Waals surface area contributed by atoms with Gasteiger partial charge in [-0.2, -0.15) is 0 Å². The van der Waals surface area contributed by atoms with Crippen molar-refractivity contribution >= 4 is 0 Å². The summed E-state index contributed by atoms with van der Waals surface area (Å²) >= 11 is 0. The van der Waals surface area contributed by atoms with Crippen LogP contribution in [-0.2, 0) is 0 Å². The molecule has 110 valence electrons. The molecule has 1 atom stereocenters. The van der Waals surface area contributed by atoms with Gasteiger partial charge in [0.1, 0.15) is 13.2 Å². The topological polar surface area (TPSA) is 30.5 Å². The first-order chi connectivity index (χ1) is 10.2. The predicted molar refractivity (Wildman–Crippen MR) is 84.3 cm³/mol. The third kappa shape index (κ3) is 2.74. The van der Waals surface area contributed by atoms with E-state index in [1.165, 1.54) is 22.3 Å². The van der Waals surface area contributed by atoms with Crippen molar-refractivity contribution in [2.45, 2.75) is 19.9 Å². The van der Waals surface area contributed by atoms with Crippen LogP contribution in [0.2, 0.25) is 0 Å². The van der Waals surface area contributed by atoms with Crippen LogP contribution in [0.1, 0.15) is 28.3 Å². The molecule has 1 heterocycles. The molecule has 3 rings (SSSR count). The number of benzene rings is 2. The van der Waals surface area contributed by atoms with Gasteiger partial charge in [0.05, 0.1) is 6.04 Å². The molecule has 0 saturated heterocycles. The first kappa shape index (κ1) is 14.0. The second kappa shape index (κ2) is 5.78. The standard InChI is InChI=1S/C18H21NO2/c1-12-4-6-15(13(2)10-12)18(19-3)14-5-7-16-17(11-14)21-9-8-20-16/h4-7,10-11,18-19H,8-9H2,1-3H3. The van der Waals surface area contributed by atoms with E-state index in [0.29, 0.717) is 13.2 Å². The fraction of sp³-hybridized carbons (Fsp3) is 0.333. The second-order valence-electron chi connectivity index (χ2n) is 5.48. The fourth-order valence-electron chi connectivity index (χ4n) is 2.89. The highest BCUT2D eigenvalue weighted by atomic mass is 16.6. The largest absolute Gasteiger partial charge is 0.486 e. The molecule has 0 aliphatic carbocycles.